The number of carbonyl (C=O) groups excluding carboxylic acids is 1. The predicted octanol–water partition coefficient (Wildman–Crippen LogP) is 5.47. The molecule has 5 heteroatoms. The first-order valence-corrected chi connectivity index (χ1v) is 10.2. The van der Waals surface area contributed by atoms with Gasteiger partial charge in [0, 0.05) is 12.1 Å². The van der Waals surface area contributed by atoms with Crippen molar-refractivity contribution in [2.45, 2.75) is 58.5 Å². The van der Waals surface area contributed by atoms with E-state index in [2.05, 4.69) is 22.9 Å². The lowest BCUT2D eigenvalue weighted by Crippen LogP contribution is -2.24. The van der Waals surface area contributed by atoms with Crippen molar-refractivity contribution in [1.82, 2.24) is 14.9 Å². The average Bonchev–Trinajstić information content (AvgIpc) is 3.07. The Labute approximate surface area is 165 Å². The van der Waals surface area contributed by atoms with Gasteiger partial charge in [0.15, 0.2) is 0 Å². The van der Waals surface area contributed by atoms with E-state index >= 15 is 0 Å². The topological polar surface area (TPSA) is 46.9 Å². The third-order valence-electron chi connectivity index (χ3n) is 4.98. The Morgan fingerprint density at radius 1 is 1.00 bits per heavy atom. The van der Waals surface area contributed by atoms with Crippen molar-refractivity contribution in [3.05, 3.63) is 65.7 Å². The fraction of sp³-hybridized carbons (Fsp3) is 0.391. The van der Waals surface area contributed by atoms with Gasteiger partial charge in [-0.25, -0.2) is 9.37 Å². The molecule has 2 aromatic carbocycles. The van der Waals surface area contributed by atoms with Crippen LogP contribution >= 0.6 is 0 Å². The zero-order chi connectivity index (χ0) is 19.8. The van der Waals surface area contributed by atoms with Gasteiger partial charge in [-0.1, -0.05) is 51.2 Å². The highest BCUT2D eigenvalue weighted by Crippen LogP contribution is 2.18. The summed E-state index contributed by atoms with van der Waals surface area (Å²) < 4.78 is 15.3. The van der Waals surface area contributed by atoms with Gasteiger partial charge >= 0.3 is 0 Å². The molecule has 0 radical (unpaired) electrons. The fourth-order valence-electron chi connectivity index (χ4n) is 3.42. The largest absolute Gasteiger partial charge is 0.345 e. The predicted molar refractivity (Wildman–Crippen MR) is 111 cm³/mol. The fourth-order valence-corrected chi connectivity index (χ4v) is 3.42. The number of fused-ring (bicyclic) bond motifs is 1. The maximum absolute atomic E-state index is 13.0. The normalized spacial score (nSPS) is 11.1. The SMILES string of the molecule is CCCCCCCCn1c(CNC(=O)c2ccc(F)cc2)nc2ccccc21. The molecule has 4 nitrogen and oxygen atoms in total. The second kappa shape index (κ2) is 10.0. The highest BCUT2D eigenvalue weighted by atomic mass is 19.1. The first-order chi connectivity index (χ1) is 13.7. The van der Waals surface area contributed by atoms with Gasteiger partial charge in [0.25, 0.3) is 5.91 Å². The number of aryl methyl sites for hydroxylation is 1. The molecule has 0 fully saturated rings. The van der Waals surface area contributed by atoms with E-state index < -0.39 is 0 Å². The molecule has 148 valence electrons. The molecule has 0 saturated carbocycles. The Morgan fingerprint density at radius 3 is 2.50 bits per heavy atom. The van der Waals surface area contributed by atoms with E-state index in [1.807, 2.05) is 18.2 Å². The molecule has 0 spiro atoms. The number of amides is 1. The Balaban J connectivity index is 1.66. The molecule has 0 unspecified atom stereocenters. The lowest BCUT2D eigenvalue weighted by atomic mass is 10.1. The number of nitrogens with zero attached hydrogens (tertiary/aromatic N) is 2. The minimum absolute atomic E-state index is 0.224. The van der Waals surface area contributed by atoms with Crippen LogP contribution in [0.15, 0.2) is 48.5 Å². The van der Waals surface area contributed by atoms with E-state index in [0.29, 0.717) is 12.1 Å². The number of carbonyl (C=O) groups is 1. The number of aromatic nitrogens is 2. The minimum Gasteiger partial charge on any atom is -0.345 e. The summed E-state index contributed by atoms with van der Waals surface area (Å²) in [6.07, 6.45) is 7.41. The lowest BCUT2D eigenvalue weighted by molar-refractivity contribution is 0.0949. The maximum Gasteiger partial charge on any atom is 0.251 e. The molecule has 0 aliphatic rings. The van der Waals surface area contributed by atoms with Crippen LogP contribution in [0, 0.1) is 5.82 Å². The van der Waals surface area contributed by atoms with Crippen LogP contribution in [0.4, 0.5) is 4.39 Å². The van der Waals surface area contributed by atoms with Crippen LogP contribution in [0.2, 0.25) is 0 Å². The second-order valence-electron chi connectivity index (χ2n) is 7.13. The van der Waals surface area contributed by atoms with Crippen molar-refractivity contribution >= 4 is 16.9 Å². The smallest absolute Gasteiger partial charge is 0.251 e. The van der Waals surface area contributed by atoms with E-state index in [1.165, 1.54) is 56.4 Å². The van der Waals surface area contributed by atoms with Crippen molar-refractivity contribution in [3.8, 4) is 0 Å². The second-order valence-corrected chi connectivity index (χ2v) is 7.13. The molecule has 3 aromatic rings. The van der Waals surface area contributed by atoms with Crippen molar-refractivity contribution in [3.63, 3.8) is 0 Å². The number of rotatable bonds is 10. The van der Waals surface area contributed by atoms with Crippen LogP contribution in [0.5, 0.6) is 0 Å². The number of hydrogen-bond donors (Lipinski definition) is 1. The van der Waals surface area contributed by atoms with Crippen LogP contribution in [0.25, 0.3) is 11.0 Å². The van der Waals surface area contributed by atoms with Crippen molar-refractivity contribution < 1.29 is 9.18 Å². The molecular formula is C23H28FN3O. The van der Waals surface area contributed by atoms with E-state index in [0.717, 1.165) is 29.8 Å². The number of nitrogens with one attached hydrogen (secondary N) is 1. The summed E-state index contributed by atoms with van der Waals surface area (Å²) in [5.41, 5.74) is 2.49. The highest BCUT2D eigenvalue weighted by Gasteiger charge is 2.12. The quantitative estimate of drug-likeness (QED) is 0.474. The van der Waals surface area contributed by atoms with Gasteiger partial charge in [0.2, 0.25) is 0 Å². The van der Waals surface area contributed by atoms with Gasteiger partial charge in [0.1, 0.15) is 11.6 Å². The van der Waals surface area contributed by atoms with Gasteiger partial charge < -0.3 is 9.88 Å². The highest BCUT2D eigenvalue weighted by molar-refractivity contribution is 5.94. The molecule has 0 saturated heterocycles. The zero-order valence-electron chi connectivity index (χ0n) is 16.5. The molecule has 3 rings (SSSR count). The number of para-hydroxylation sites is 2. The van der Waals surface area contributed by atoms with E-state index in [4.69, 9.17) is 4.98 Å². The van der Waals surface area contributed by atoms with Crippen LogP contribution in [-0.2, 0) is 13.1 Å². The van der Waals surface area contributed by atoms with Gasteiger partial charge in [-0.3, -0.25) is 4.79 Å². The Bertz CT molecular complexity index is 902. The average molecular weight is 381 g/mol. The number of hydrogen-bond acceptors (Lipinski definition) is 2. The van der Waals surface area contributed by atoms with Gasteiger partial charge in [-0.15, -0.1) is 0 Å². The summed E-state index contributed by atoms with van der Waals surface area (Å²) in [5.74, 6) is 0.278. The van der Waals surface area contributed by atoms with E-state index in [-0.39, 0.29) is 11.7 Å². The van der Waals surface area contributed by atoms with Crippen molar-refractivity contribution in [2.75, 3.05) is 0 Å². The number of halogens is 1. The van der Waals surface area contributed by atoms with Gasteiger partial charge in [-0.2, -0.15) is 0 Å². The standard InChI is InChI=1S/C23H28FN3O/c1-2-3-4-5-6-9-16-27-21-11-8-7-10-20(21)26-22(27)17-25-23(28)18-12-14-19(24)15-13-18/h7-8,10-15H,2-6,9,16-17H2,1H3,(H,25,28). The molecule has 1 aromatic heterocycles. The van der Waals surface area contributed by atoms with Gasteiger partial charge in [0.05, 0.1) is 17.6 Å². The number of unbranched alkanes of at least 4 members (excludes halogenated alkanes) is 5. The number of benzene rings is 2. The van der Waals surface area contributed by atoms with Crippen LogP contribution < -0.4 is 5.32 Å². The third-order valence-corrected chi connectivity index (χ3v) is 4.98. The molecule has 0 aliphatic heterocycles. The summed E-state index contributed by atoms with van der Waals surface area (Å²) >= 11 is 0. The van der Waals surface area contributed by atoms with Crippen molar-refractivity contribution in [2.24, 2.45) is 0 Å². The Hall–Kier alpha value is -2.69. The third kappa shape index (κ3) is 5.18. The molecule has 1 amide bonds. The molecule has 1 heterocycles. The monoisotopic (exact) mass is 381 g/mol. The first kappa shape index (κ1) is 20.1. The minimum atomic E-state index is -0.350. The summed E-state index contributed by atoms with van der Waals surface area (Å²) in [7, 11) is 0. The van der Waals surface area contributed by atoms with Crippen LogP contribution in [0.1, 0.15) is 61.6 Å². The summed E-state index contributed by atoms with van der Waals surface area (Å²) in [5, 5.41) is 2.91. The Morgan fingerprint density at radius 2 is 1.71 bits per heavy atom. The zero-order valence-corrected chi connectivity index (χ0v) is 16.5. The molecule has 0 bridgehead atoms. The first-order valence-electron chi connectivity index (χ1n) is 10.2. The molecule has 0 atom stereocenters. The summed E-state index contributed by atoms with van der Waals surface area (Å²) in [4.78, 5) is 17.1. The maximum atomic E-state index is 13.0. The van der Waals surface area contributed by atoms with Crippen LogP contribution in [-0.4, -0.2) is 15.5 Å². The Kier molecular flexibility index (Phi) is 7.18. The van der Waals surface area contributed by atoms with Crippen molar-refractivity contribution in [1.29, 1.82) is 0 Å². The summed E-state index contributed by atoms with van der Waals surface area (Å²) in [6.45, 7) is 3.47. The molecule has 28 heavy (non-hydrogen) atoms. The van der Waals surface area contributed by atoms with E-state index in [9.17, 15) is 9.18 Å². The summed E-state index contributed by atoms with van der Waals surface area (Å²) in [6, 6.07) is 13.6. The molecule has 0 aliphatic carbocycles. The lowest BCUT2D eigenvalue weighted by Gasteiger charge is -2.10. The molecule has 1 N–H and O–H groups in total. The number of imidazole rings is 1. The molecular weight excluding hydrogens is 353 g/mol. The van der Waals surface area contributed by atoms with Crippen LogP contribution in [0.3, 0.4) is 0 Å². The van der Waals surface area contributed by atoms with Gasteiger partial charge in [-0.05, 0) is 42.8 Å². The van der Waals surface area contributed by atoms with E-state index in [1.54, 1.807) is 0 Å².